The molecule has 2 aromatic carbocycles. The number of hydrogen-bond donors (Lipinski definition) is 0. The number of carbonyl (C=O) groups excluding carboxylic acids is 2. The van der Waals surface area contributed by atoms with E-state index >= 15 is 0 Å². The number of alkyl halides is 3. The number of nitrogens with zero attached hydrogens (tertiary/aromatic N) is 3. The van der Waals surface area contributed by atoms with E-state index in [-0.39, 0.29) is 12.4 Å². The van der Waals surface area contributed by atoms with Crippen molar-refractivity contribution >= 4 is 17.6 Å². The van der Waals surface area contributed by atoms with Gasteiger partial charge in [-0.2, -0.15) is 18.4 Å². The second-order valence-corrected chi connectivity index (χ2v) is 6.47. The number of carbonyl (C=O) groups is 2. The zero-order valence-corrected chi connectivity index (χ0v) is 15.4. The quantitative estimate of drug-likeness (QED) is 0.732. The van der Waals surface area contributed by atoms with Gasteiger partial charge < -0.3 is 4.74 Å². The molecule has 149 valence electrons. The van der Waals surface area contributed by atoms with E-state index in [1.807, 2.05) is 0 Å². The summed E-state index contributed by atoms with van der Waals surface area (Å²) in [5.74, 6) is -0.733. The van der Waals surface area contributed by atoms with Gasteiger partial charge in [0, 0.05) is 7.11 Å². The van der Waals surface area contributed by atoms with E-state index in [1.165, 1.54) is 20.1 Å². The number of nitriles is 1. The number of ether oxygens (including phenoxy) is 1. The zero-order valence-electron chi connectivity index (χ0n) is 15.4. The first-order chi connectivity index (χ1) is 13.7. The molecule has 0 unspecified atom stereocenters. The lowest BCUT2D eigenvalue weighted by molar-refractivity contribution is -0.137. The van der Waals surface area contributed by atoms with Crippen molar-refractivity contribution in [3.63, 3.8) is 0 Å². The van der Waals surface area contributed by atoms with Crippen LogP contribution in [0.2, 0.25) is 0 Å². The van der Waals surface area contributed by atoms with Gasteiger partial charge in [-0.25, -0.2) is 9.69 Å². The van der Waals surface area contributed by atoms with Crippen molar-refractivity contribution in [2.24, 2.45) is 0 Å². The van der Waals surface area contributed by atoms with Crippen LogP contribution in [0.1, 0.15) is 23.6 Å². The van der Waals surface area contributed by atoms with E-state index in [2.05, 4.69) is 6.07 Å². The Labute approximate surface area is 164 Å². The molecule has 1 heterocycles. The highest BCUT2D eigenvalue weighted by molar-refractivity contribution is 6.23. The molecule has 29 heavy (non-hydrogen) atoms. The van der Waals surface area contributed by atoms with Crippen molar-refractivity contribution in [2.45, 2.75) is 18.6 Å². The number of hydrogen-bond acceptors (Lipinski definition) is 4. The van der Waals surface area contributed by atoms with Gasteiger partial charge in [-0.15, -0.1) is 0 Å². The lowest BCUT2D eigenvalue weighted by atomic mass is 9.90. The smallest absolute Gasteiger partial charge is 0.364 e. The summed E-state index contributed by atoms with van der Waals surface area (Å²) in [5, 5.41) is 8.96. The van der Waals surface area contributed by atoms with Gasteiger partial charge in [0.25, 0.3) is 5.91 Å². The van der Waals surface area contributed by atoms with Crippen molar-refractivity contribution < 1.29 is 27.5 Å². The van der Waals surface area contributed by atoms with Gasteiger partial charge in [0.2, 0.25) is 0 Å². The summed E-state index contributed by atoms with van der Waals surface area (Å²) in [5.41, 5.74) is -3.14. The molecule has 3 amide bonds. The van der Waals surface area contributed by atoms with Crippen LogP contribution in [0.3, 0.4) is 0 Å². The SMILES string of the molecule is COCN1C(=O)N(c2ccc(C#N)c(C(F)(F)F)c2)C(=O)[C@@]1(C)c1cc[c]cc1. The number of imide groups is 1. The predicted molar refractivity (Wildman–Crippen MR) is 95.4 cm³/mol. The Bertz CT molecular complexity index is 1000. The molecule has 1 fully saturated rings. The molecular weight excluding hydrogens is 387 g/mol. The number of anilines is 1. The topological polar surface area (TPSA) is 73.6 Å². The first-order valence-electron chi connectivity index (χ1n) is 8.39. The normalized spacial score (nSPS) is 19.6. The molecule has 1 aliphatic rings. The Hall–Kier alpha value is -3.38. The molecule has 0 saturated carbocycles. The van der Waals surface area contributed by atoms with Crippen molar-refractivity contribution in [3.8, 4) is 6.07 Å². The van der Waals surface area contributed by atoms with E-state index in [9.17, 15) is 22.8 Å². The summed E-state index contributed by atoms with van der Waals surface area (Å²) >= 11 is 0. The van der Waals surface area contributed by atoms with Crippen molar-refractivity contribution in [2.75, 3.05) is 18.7 Å². The Kier molecular flexibility index (Phi) is 5.07. The summed E-state index contributed by atoms with van der Waals surface area (Å²) in [6.45, 7) is 1.24. The molecule has 0 N–H and O–H groups in total. The summed E-state index contributed by atoms with van der Waals surface area (Å²) in [6.07, 6.45) is -4.82. The van der Waals surface area contributed by atoms with E-state index in [0.717, 1.165) is 17.0 Å². The highest BCUT2D eigenvalue weighted by atomic mass is 19.4. The van der Waals surface area contributed by atoms with Crippen LogP contribution >= 0.6 is 0 Å². The molecule has 1 saturated heterocycles. The highest BCUT2D eigenvalue weighted by Crippen LogP contribution is 2.41. The van der Waals surface area contributed by atoms with Crippen LogP contribution in [0.15, 0.2) is 42.5 Å². The molecule has 9 heteroatoms. The number of halogens is 3. The summed E-state index contributed by atoms with van der Waals surface area (Å²) < 4.78 is 45.1. The molecule has 0 spiro atoms. The van der Waals surface area contributed by atoms with Crippen LogP contribution < -0.4 is 4.90 Å². The Morgan fingerprint density at radius 1 is 1.21 bits per heavy atom. The molecule has 2 aromatic rings. The standard InChI is InChI=1S/C20H15F3N3O3/c1-19(14-6-4-3-5-7-14)17(27)26(18(28)25(19)12-29-2)15-9-8-13(11-24)16(10-15)20(21,22)23/h4-10H,12H2,1-2H3/t19-/m1/s1. The molecule has 0 aromatic heterocycles. The molecule has 0 bridgehead atoms. The Morgan fingerprint density at radius 2 is 1.86 bits per heavy atom. The molecular formula is C20H15F3N3O3. The number of methoxy groups -OCH3 is 1. The van der Waals surface area contributed by atoms with Gasteiger partial charge in [-0.1, -0.05) is 24.3 Å². The maximum atomic E-state index is 13.3. The molecule has 6 nitrogen and oxygen atoms in total. The van der Waals surface area contributed by atoms with Crippen molar-refractivity contribution in [1.29, 1.82) is 5.26 Å². The van der Waals surface area contributed by atoms with Crippen LogP contribution in [0.5, 0.6) is 0 Å². The monoisotopic (exact) mass is 402 g/mol. The summed E-state index contributed by atoms with van der Waals surface area (Å²) in [4.78, 5) is 28.1. The van der Waals surface area contributed by atoms with E-state index < -0.39 is 34.8 Å². The Balaban J connectivity index is 2.16. The molecule has 1 atom stereocenters. The molecule has 1 radical (unpaired) electrons. The summed E-state index contributed by atoms with van der Waals surface area (Å²) in [7, 11) is 1.34. The minimum Gasteiger partial charge on any atom is -0.364 e. The van der Waals surface area contributed by atoms with Crippen LogP contribution in [-0.2, 0) is 21.2 Å². The van der Waals surface area contributed by atoms with Gasteiger partial charge in [0.15, 0.2) is 0 Å². The van der Waals surface area contributed by atoms with Crippen molar-refractivity contribution in [1.82, 2.24) is 4.90 Å². The van der Waals surface area contributed by atoms with Gasteiger partial charge in [0.1, 0.15) is 12.3 Å². The highest BCUT2D eigenvalue weighted by Gasteiger charge is 2.56. The number of rotatable bonds is 4. The van der Waals surface area contributed by atoms with E-state index in [1.54, 1.807) is 24.3 Å². The average molecular weight is 402 g/mol. The first kappa shape index (κ1) is 20.4. The summed E-state index contributed by atoms with van der Waals surface area (Å²) in [6, 6.07) is 12.5. The fourth-order valence-electron chi connectivity index (χ4n) is 3.27. The van der Waals surface area contributed by atoms with Gasteiger partial charge in [-0.05, 0) is 36.8 Å². The number of urea groups is 1. The van der Waals surface area contributed by atoms with Crippen LogP contribution in [0.4, 0.5) is 23.7 Å². The molecule has 0 aliphatic carbocycles. The minimum absolute atomic E-state index is 0.251. The van der Waals surface area contributed by atoms with Crippen LogP contribution in [0, 0.1) is 17.4 Å². The van der Waals surface area contributed by atoms with Crippen molar-refractivity contribution in [3.05, 3.63) is 65.2 Å². The third-order valence-corrected chi connectivity index (χ3v) is 4.81. The zero-order chi connectivity index (χ0) is 21.4. The maximum Gasteiger partial charge on any atom is 0.417 e. The van der Waals surface area contributed by atoms with Crippen LogP contribution in [-0.4, -0.2) is 30.7 Å². The fourth-order valence-corrected chi connectivity index (χ4v) is 3.27. The molecule has 1 aliphatic heterocycles. The van der Waals surface area contributed by atoms with Gasteiger partial charge in [-0.3, -0.25) is 9.69 Å². The fraction of sp³-hybridized carbons (Fsp3) is 0.250. The van der Waals surface area contributed by atoms with E-state index in [4.69, 9.17) is 10.00 Å². The number of benzene rings is 2. The largest absolute Gasteiger partial charge is 0.417 e. The first-order valence-corrected chi connectivity index (χ1v) is 8.39. The second-order valence-electron chi connectivity index (χ2n) is 6.47. The second kappa shape index (κ2) is 7.22. The third-order valence-electron chi connectivity index (χ3n) is 4.81. The van der Waals surface area contributed by atoms with Gasteiger partial charge in [0.05, 0.1) is 22.9 Å². The Morgan fingerprint density at radius 3 is 2.41 bits per heavy atom. The molecule has 3 rings (SSSR count). The van der Waals surface area contributed by atoms with Crippen LogP contribution in [0.25, 0.3) is 0 Å². The number of amides is 3. The maximum absolute atomic E-state index is 13.3. The minimum atomic E-state index is -4.82. The average Bonchev–Trinajstić information content (AvgIpc) is 2.89. The van der Waals surface area contributed by atoms with E-state index in [0.29, 0.717) is 16.5 Å². The lowest BCUT2D eigenvalue weighted by Crippen LogP contribution is -2.45. The third kappa shape index (κ3) is 3.21. The van der Waals surface area contributed by atoms with Gasteiger partial charge >= 0.3 is 12.2 Å². The lowest BCUT2D eigenvalue weighted by Gasteiger charge is -2.31. The predicted octanol–water partition coefficient (Wildman–Crippen LogP) is 3.67.